The fraction of sp³-hybridized carbons (Fsp3) is 0.464. The number of nitrogens with one attached hydrogen (secondary N) is 1. The van der Waals surface area contributed by atoms with Crippen molar-refractivity contribution in [3.63, 3.8) is 0 Å². The Morgan fingerprint density at radius 1 is 0.943 bits per heavy atom. The highest BCUT2D eigenvalue weighted by Gasteiger charge is 2.48. The molecule has 2 aliphatic carbocycles. The lowest BCUT2D eigenvalue weighted by Crippen LogP contribution is -2.57. The molecule has 7 heteroatoms. The molecule has 2 aromatic carbocycles. The molecule has 1 saturated carbocycles. The zero-order chi connectivity index (χ0) is 24.4. The molecule has 2 aromatic rings. The maximum Gasteiger partial charge on any atom is 0.407 e. The smallest absolute Gasteiger partial charge is 0.407 e. The number of carbonyl (C=O) groups excluding carboxylic acids is 2. The van der Waals surface area contributed by atoms with Gasteiger partial charge in [-0.15, -0.1) is 0 Å². The van der Waals surface area contributed by atoms with Crippen LogP contribution in [0, 0.1) is 5.41 Å². The van der Waals surface area contributed by atoms with Gasteiger partial charge in [-0.1, -0.05) is 67.8 Å². The van der Waals surface area contributed by atoms with Gasteiger partial charge in [0.25, 0.3) is 0 Å². The van der Waals surface area contributed by atoms with Gasteiger partial charge < -0.3 is 20.1 Å². The summed E-state index contributed by atoms with van der Waals surface area (Å²) >= 11 is 0. The van der Waals surface area contributed by atoms with Crippen LogP contribution in [0.4, 0.5) is 4.79 Å². The number of ether oxygens (including phenoxy) is 1. The number of carboxylic acid groups (broad SMARTS) is 1. The molecule has 0 bridgehead atoms. The second kappa shape index (κ2) is 9.72. The number of hydrogen-bond acceptors (Lipinski definition) is 4. The van der Waals surface area contributed by atoms with E-state index in [1.165, 1.54) is 11.1 Å². The molecule has 0 aromatic heterocycles. The number of carbonyl (C=O) groups is 3. The fourth-order valence-corrected chi connectivity index (χ4v) is 5.87. The van der Waals surface area contributed by atoms with E-state index < -0.39 is 23.5 Å². The summed E-state index contributed by atoms with van der Waals surface area (Å²) in [5.41, 5.74) is 3.90. The standard InChI is InChI=1S/C28H32N2O5/c31-25(32)24-13-2-1-7-16-30(24)26(33)28(14-8-15-28)18-29-27(34)35-17-23-21-11-5-3-9-19(21)20-10-4-6-12-22(20)23/h3-6,9-12,23-24H,1-2,7-8,13-18H2,(H,29,34)(H,31,32). The normalized spacial score (nSPS) is 20.7. The van der Waals surface area contributed by atoms with Crippen LogP contribution in [0.1, 0.15) is 62.0 Å². The van der Waals surface area contributed by atoms with Crippen LogP contribution < -0.4 is 5.32 Å². The molecule has 0 radical (unpaired) electrons. The van der Waals surface area contributed by atoms with Gasteiger partial charge in [-0.25, -0.2) is 9.59 Å². The van der Waals surface area contributed by atoms with Crippen molar-refractivity contribution in [3.05, 3.63) is 59.7 Å². The number of carboxylic acids is 1. The topological polar surface area (TPSA) is 95.9 Å². The van der Waals surface area contributed by atoms with Crippen molar-refractivity contribution in [2.45, 2.75) is 56.9 Å². The second-order valence-corrected chi connectivity index (χ2v) is 10.0. The first-order valence-electron chi connectivity index (χ1n) is 12.6. The van der Waals surface area contributed by atoms with Crippen LogP contribution in [0.15, 0.2) is 48.5 Å². The first kappa shape index (κ1) is 23.4. The van der Waals surface area contributed by atoms with Crippen LogP contribution >= 0.6 is 0 Å². The van der Waals surface area contributed by atoms with Gasteiger partial charge in [0.05, 0.1) is 5.41 Å². The van der Waals surface area contributed by atoms with E-state index in [0.29, 0.717) is 25.8 Å². The van der Waals surface area contributed by atoms with E-state index in [4.69, 9.17) is 4.74 Å². The minimum atomic E-state index is -0.945. The van der Waals surface area contributed by atoms with E-state index >= 15 is 0 Å². The average molecular weight is 477 g/mol. The Morgan fingerprint density at radius 3 is 2.20 bits per heavy atom. The lowest BCUT2D eigenvalue weighted by atomic mass is 9.67. The Kier molecular flexibility index (Phi) is 6.50. The molecule has 1 saturated heterocycles. The molecule has 35 heavy (non-hydrogen) atoms. The predicted octanol–water partition coefficient (Wildman–Crippen LogP) is 4.55. The number of amides is 2. The number of benzene rings is 2. The number of rotatable bonds is 6. The molecule has 1 heterocycles. The number of aliphatic carboxylic acids is 1. The van der Waals surface area contributed by atoms with Crippen LogP contribution in [0.25, 0.3) is 11.1 Å². The van der Waals surface area contributed by atoms with Crippen molar-refractivity contribution < 1.29 is 24.2 Å². The highest BCUT2D eigenvalue weighted by molar-refractivity contribution is 5.89. The van der Waals surface area contributed by atoms with E-state index in [9.17, 15) is 19.5 Å². The Bertz CT molecular complexity index is 1080. The highest BCUT2D eigenvalue weighted by Crippen LogP contribution is 2.45. The van der Waals surface area contributed by atoms with Crippen molar-refractivity contribution in [2.24, 2.45) is 5.41 Å². The van der Waals surface area contributed by atoms with Crippen LogP contribution in [0.2, 0.25) is 0 Å². The van der Waals surface area contributed by atoms with Crippen molar-refractivity contribution >= 4 is 18.0 Å². The fourth-order valence-electron chi connectivity index (χ4n) is 5.87. The van der Waals surface area contributed by atoms with Crippen LogP contribution in [-0.2, 0) is 14.3 Å². The Balaban J connectivity index is 1.22. The van der Waals surface area contributed by atoms with Crippen LogP contribution in [-0.4, -0.2) is 53.7 Å². The van der Waals surface area contributed by atoms with Crippen LogP contribution in [0.5, 0.6) is 0 Å². The maximum atomic E-state index is 13.5. The summed E-state index contributed by atoms with van der Waals surface area (Å²) in [6.07, 6.45) is 4.68. The van der Waals surface area contributed by atoms with Crippen molar-refractivity contribution in [3.8, 4) is 11.1 Å². The van der Waals surface area contributed by atoms with E-state index in [0.717, 1.165) is 36.8 Å². The summed E-state index contributed by atoms with van der Waals surface area (Å²) in [6, 6.07) is 15.6. The van der Waals surface area contributed by atoms with E-state index in [-0.39, 0.29) is 25.0 Å². The summed E-state index contributed by atoms with van der Waals surface area (Å²) in [4.78, 5) is 39.6. The molecule has 184 valence electrons. The number of likely N-dealkylation sites (tertiary alicyclic amines) is 1. The summed E-state index contributed by atoms with van der Waals surface area (Å²) in [6.45, 7) is 0.849. The van der Waals surface area contributed by atoms with E-state index in [1.54, 1.807) is 4.90 Å². The average Bonchev–Trinajstić information content (AvgIpc) is 2.97. The summed E-state index contributed by atoms with van der Waals surface area (Å²) in [5.74, 6) is -1.11. The van der Waals surface area contributed by atoms with Gasteiger partial charge >= 0.3 is 12.1 Å². The third-order valence-corrected chi connectivity index (χ3v) is 7.98. The van der Waals surface area contributed by atoms with E-state index in [2.05, 4.69) is 29.6 Å². The molecule has 1 aliphatic heterocycles. The summed E-state index contributed by atoms with van der Waals surface area (Å²) < 4.78 is 5.64. The first-order chi connectivity index (χ1) is 17.0. The SMILES string of the molecule is O=C(NCC1(C(=O)N2CCCCCC2C(=O)O)CCC1)OCC1c2ccccc2-c2ccccc21. The molecule has 3 aliphatic rings. The zero-order valence-corrected chi connectivity index (χ0v) is 19.9. The molecule has 0 spiro atoms. The van der Waals surface area contributed by atoms with Gasteiger partial charge in [0.15, 0.2) is 0 Å². The number of alkyl carbamates (subject to hydrolysis) is 1. The monoisotopic (exact) mass is 476 g/mol. The molecular weight excluding hydrogens is 444 g/mol. The van der Waals surface area contributed by atoms with Crippen molar-refractivity contribution in [1.29, 1.82) is 0 Å². The number of nitrogens with zero attached hydrogens (tertiary/aromatic N) is 1. The van der Waals surface area contributed by atoms with Crippen molar-refractivity contribution in [2.75, 3.05) is 19.7 Å². The number of fused-ring (bicyclic) bond motifs is 3. The minimum absolute atomic E-state index is 0.0270. The van der Waals surface area contributed by atoms with Gasteiger partial charge in [-0.2, -0.15) is 0 Å². The Labute approximate surface area is 205 Å². The predicted molar refractivity (Wildman–Crippen MR) is 131 cm³/mol. The molecule has 2 fully saturated rings. The number of hydrogen-bond donors (Lipinski definition) is 2. The second-order valence-electron chi connectivity index (χ2n) is 10.0. The van der Waals surface area contributed by atoms with Gasteiger partial charge in [0.1, 0.15) is 12.6 Å². The Morgan fingerprint density at radius 2 is 1.60 bits per heavy atom. The largest absolute Gasteiger partial charge is 0.480 e. The Hall–Kier alpha value is -3.35. The quantitative estimate of drug-likeness (QED) is 0.638. The van der Waals surface area contributed by atoms with Crippen LogP contribution in [0.3, 0.4) is 0 Å². The summed E-state index contributed by atoms with van der Waals surface area (Å²) in [7, 11) is 0. The van der Waals surface area contributed by atoms with Crippen molar-refractivity contribution in [1.82, 2.24) is 10.2 Å². The third kappa shape index (κ3) is 4.40. The zero-order valence-electron chi connectivity index (χ0n) is 19.9. The molecule has 7 nitrogen and oxygen atoms in total. The minimum Gasteiger partial charge on any atom is -0.480 e. The van der Waals surface area contributed by atoms with Gasteiger partial charge in [0, 0.05) is 19.0 Å². The highest BCUT2D eigenvalue weighted by atomic mass is 16.5. The third-order valence-electron chi connectivity index (χ3n) is 7.98. The maximum absolute atomic E-state index is 13.5. The molecule has 1 unspecified atom stereocenters. The molecule has 5 rings (SSSR count). The molecule has 1 atom stereocenters. The molecule has 2 amide bonds. The van der Waals surface area contributed by atoms with Gasteiger partial charge in [-0.3, -0.25) is 4.79 Å². The first-order valence-corrected chi connectivity index (χ1v) is 12.6. The molecular formula is C28H32N2O5. The lowest BCUT2D eigenvalue weighted by molar-refractivity contribution is -0.158. The molecule has 2 N–H and O–H groups in total. The lowest BCUT2D eigenvalue weighted by Gasteiger charge is -2.44. The summed E-state index contributed by atoms with van der Waals surface area (Å²) in [5, 5.41) is 12.5. The van der Waals surface area contributed by atoms with Gasteiger partial charge in [0.2, 0.25) is 5.91 Å². The van der Waals surface area contributed by atoms with Gasteiger partial charge in [-0.05, 0) is 47.9 Å². The van der Waals surface area contributed by atoms with E-state index in [1.807, 2.05) is 24.3 Å².